The highest BCUT2D eigenvalue weighted by atomic mass is 32.2. The van der Waals surface area contributed by atoms with Crippen LogP contribution in [-0.4, -0.2) is 12.8 Å². The van der Waals surface area contributed by atoms with Crippen molar-refractivity contribution in [3.05, 3.63) is 59.4 Å². The number of nitriles is 1. The van der Waals surface area contributed by atoms with Crippen LogP contribution in [0.4, 0.5) is 10.1 Å². The molecule has 0 aliphatic heterocycles. The van der Waals surface area contributed by atoms with Gasteiger partial charge in [0.15, 0.2) is 0 Å². The van der Waals surface area contributed by atoms with Crippen molar-refractivity contribution in [2.75, 3.05) is 18.1 Å². The number of thioether (sulfide) groups is 1. The SMILES string of the molecule is CSc1cccc(NCCc2cccc(F)c2)c1C#N. The number of nitrogens with zero attached hydrogens (tertiary/aromatic N) is 1. The fraction of sp³-hybridized carbons (Fsp3) is 0.188. The highest BCUT2D eigenvalue weighted by molar-refractivity contribution is 7.98. The van der Waals surface area contributed by atoms with Crippen molar-refractivity contribution in [3.8, 4) is 6.07 Å². The van der Waals surface area contributed by atoms with Gasteiger partial charge in [-0.25, -0.2) is 4.39 Å². The molecule has 4 heteroatoms. The average Bonchev–Trinajstić information content (AvgIpc) is 2.47. The fourth-order valence-electron chi connectivity index (χ4n) is 2.00. The Kier molecular flexibility index (Phi) is 5.03. The number of rotatable bonds is 5. The lowest BCUT2D eigenvalue weighted by Gasteiger charge is -2.10. The van der Waals surface area contributed by atoms with Crippen LogP contribution in [-0.2, 0) is 6.42 Å². The molecule has 0 atom stereocenters. The lowest BCUT2D eigenvalue weighted by molar-refractivity contribution is 0.625. The Morgan fingerprint density at radius 3 is 2.75 bits per heavy atom. The molecule has 20 heavy (non-hydrogen) atoms. The molecule has 0 amide bonds. The van der Waals surface area contributed by atoms with E-state index < -0.39 is 0 Å². The van der Waals surface area contributed by atoms with Crippen LogP contribution in [0.2, 0.25) is 0 Å². The quantitative estimate of drug-likeness (QED) is 0.841. The summed E-state index contributed by atoms with van der Waals surface area (Å²) in [5.41, 5.74) is 2.44. The Labute approximate surface area is 122 Å². The molecule has 102 valence electrons. The summed E-state index contributed by atoms with van der Waals surface area (Å²) in [5.74, 6) is -0.218. The molecule has 2 aromatic rings. The molecule has 0 spiro atoms. The molecule has 0 aromatic heterocycles. The molecule has 2 aromatic carbocycles. The van der Waals surface area contributed by atoms with Crippen LogP contribution >= 0.6 is 11.8 Å². The zero-order chi connectivity index (χ0) is 14.4. The van der Waals surface area contributed by atoms with Crippen LogP contribution < -0.4 is 5.32 Å². The van der Waals surface area contributed by atoms with E-state index in [4.69, 9.17) is 0 Å². The van der Waals surface area contributed by atoms with Crippen molar-refractivity contribution in [1.82, 2.24) is 0 Å². The normalized spacial score (nSPS) is 10.1. The largest absolute Gasteiger partial charge is 0.384 e. The first-order valence-electron chi connectivity index (χ1n) is 6.30. The van der Waals surface area contributed by atoms with Gasteiger partial charge in [0.1, 0.15) is 11.9 Å². The predicted molar refractivity (Wildman–Crippen MR) is 81.5 cm³/mol. The van der Waals surface area contributed by atoms with E-state index in [1.165, 1.54) is 12.1 Å². The topological polar surface area (TPSA) is 35.8 Å². The maximum Gasteiger partial charge on any atom is 0.123 e. The zero-order valence-corrected chi connectivity index (χ0v) is 12.0. The summed E-state index contributed by atoms with van der Waals surface area (Å²) in [4.78, 5) is 0.961. The molecule has 2 nitrogen and oxygen atoms in total. The van der Waals surface area contributed by atoms with E-state index in [1.54, 1.807) is 17.8 Å². The minimum absolute atomic E-state index is 0.218. The smallest absolute Gasteiger partial charge is 0.123 e. The third kappa shape index (κ3) is 3.52. The Hall–Kier alpha value is -1.99. The highest BCUT2D eigenvalue weighted by Gasteiger charge is 2.06. The molecule has 1 N–H and O–H groups in total. The standard InChI is InChI=1S/C16H15FN2S/c1-20-16-7-3-6-15(14(16)11-18)19-9-8-12-4-2-5-13(17)10-12/h2-7,10,19H,8-9H2,1H3. The third-order valence-corrected chi connectivity index (χ3v) is 3.76. The number of hydrogen-bond acceptors (Lipinski definition) is 3. The summed E-state index contributed by atoms with van der Waals surface area (Å²) in [6.07, 6.45) is 2.67. The van der Waals surface area contributed by atoms with Crippen LogP contribution in [0.3, 0.4) is 0 Å². The van der Waals surface area contributed by atoms with Gasteiger partial charge in [0.2, 0.25) is 0 Å². The molecular weight excluding hydrogens is 271 g/mol. The Bertz CT molecular complexity index is 635. The van der Waals surface area contributed by atoms with Gasteiger partial charge in [-0.3, -0.25) is 0 Å². The van der Waals surface area contributed by atoms with Gasteiger partial charge in [-0.2, -0.15) is 5.26 Å². The van der Waals surface area contributed by atoms with Crippen molar-refractivity contribution in [1.29, 1.82) is 5.26 Å². The molecule has 0 bridgehead atoms. The lowest BCUT2D eigenvalue weighted by atomic mass is 10.1. The van der Waals surface area contributed by atoms with Crippen molar-refractivity contribution in [2.24, 2.45) is 0 Å². The van der Waals surface area contributed by atoms with Crippen LogP contribution in [0.25, 0.3) is 0 Å². The molecule has 0 fully saturated rings. The zero-order valence-electron chi connectivity index (χ0n) is 11.2. The van der Waals surface area contributed by atoms with Gasteiger partial charge in [0, 0.05) is 11.4 Å². The number of anilines is 1. The van der Waals surface area contributed by atoms with E-state index in [0.717, 1.165) is 16.1 Å². The van der Waals surface area contributed by atoms with Gasteiger partial charge in [0.25, 0.3) is 0 Å². The first-order chi connectivity index (χ1) is 9.74. The second kappa shape index (κ2) is 6.97. The molecule has 0 saturated carbocycles. The van der Waals surface area contributed by atoms with Crippen molar-refractivity contribution in [3.63, 3.8) is 0 Å². The monoisotopic (exact) mass is 286 g/mol. The van der Waals surface area contributed by atoms with Gasteiger partial charge >= 0.3 is 0 Å². The molecule has 0 radical (unpaired) electrons. The maximum atomic E-state index is 13.1. The van der Waals surface area contributed by atoms with Gasteiger partial charge in [-0.15, -0.1) is 11.8 Å². The highest BCUT2D eigenvalue weighted by Crippen LogP contribution is 2.26. The first-order valence-corrected chi connectivity index (χ1v) is 7.52. The second-order valence-corrected chi connectivity index (χ2v) is 5.15. The summed E-state index contributed by atoms with van der Waals surface area (Å²) < 4.78 is 13.1. The van der Waals surface area contributed by atoms with Gasteiger partial charge in [-0.1, -0.05) is 18.2 Å². The first kappa shape index (κ1) is 14.4. The average molecular weight is 286 g/mol. The number of nitrogens with one attached hydrogen (secondary N) is 1. The van der Waals surface area contributed by atoms with E-state index >= 15 is 0 Å². The van der Waals surface area contributed by atoms with Gasteiger partial charge < -0.3 is 5.32 Å². The summed E-state index contributed by atoms with van der Waals surface area (Å²) in [7, 11) is 0. The summed E-state index contributed by atoms with van der Waals surface area (Å²) in [5, 5.41) is 12.5. The summed E-state index contributed by atoms with van der Waals surface area (Å²) in [6.45, 7) is 0.663. The van der Waals surface area contributed by atoms with E-state index in [-0.39, 0.29) is 5.82 Å². The number of hydrogen-bond donors (Lipinski definition) is 1. The van der Waals surface area contributed by atoms with E-state index in [1.807, 2.05) is 30.5 Å². The fourth-order valence-corrected chi connectivity index (χ4v) is 2.57. The Morgan fingerprint density at radius 1 is 1.25 bits per heavy atom. The molecule has 0 heterocycles. The van der Waals surface area contributed by atoms with Gasteiger partial charge in [-0.05, 0) is 42.5 Å². The van der Waals surface area contributed by atoms with Crippen LogP contribution in [0.5, 0.6) is 0 Å². The molecule has 2 rings (SSSR count). The lowest BCUT2D eigenvalue weighted by Crippen LogP contribution is -2.06. The van der Waals surface area contributed by atoms with Crippen LogP contribution in [0.1, 0.15) is 11.1 Å². The molecule has 0 saturated heterocycles. The molecule has 0 unspecified atom stereocenters. The minimum atomic E-state index is -0.218. The van der Waals surface area contributed by atoms with Crippen LogP contribution in [0, 0.1) is 17.1 Å². The predicted octanol–water partition coefficient (Wildman–Crippen LogP) is 4.07. The Balaban J connectivity index is 2.03. The summed E-state index contributed by atoms with van der Waals surface area (Å²) in [6, 6.07) is 14.6. The van der Waals surface area contributed by atoms with Gasteiger partial charge in [0.05, 0.1) is 11.3 Å². The minimum Gasteiger partial charge on any atom is -0.384 e. The van der Waals surface area contributed by atoms with Crippen molar-refractivity contribution >= 4 is 17.4 Å². The third-order valence-electron chi connectivity index (χ3n) is 2.98. The second-order valence-electron chi connectivity index (χ2n) is 4.30. The maximum absolute atomic E-state index is 13.1. The molecule has 0 aliphatic carbocycles. The Morgan fingerprint density at radius 2 is 2.05 bits per heavy atom. The van der Waals surface area contributed by atoms with E-state index in [9.17, 15) is 9.65 Å². The number of halogens is 1. The number of benzene rings is 2. The van der Waals surface area contributed by atoms with Crippen molar-refractivity contribution in [2.45, 2.75) is 11.3 Å². The van der Waals surface area contributed by atoms with Crippen molar-refractivity contribution < 1.29 is 4.39 Å². The van der Waals surface area contributed by atoms with E-state index in [0.29, 0.717) is 18.5 Å². The van der Waals surface area contributed by atoms with E-state index in [2.05, 4.69) is 11.4 Å². The molecule has 0 aliphatic rings. The molecular formula is C16H15FN2S. The summed E-state index contributed by atoms with van der Waals surface area (Å²) >= 11 is 1.55. The van der Waals surface area contributed by atoms with Crippen LogP contribution in [0.15, 0.2) is 47.4 Å².